The number of methoxy groups -OCH3 is 1. The quantitative estimate of drug-likeness (QED) is 0.234. The highest BCUT2D eigenvalue weighted by Gasteiger charge is 2.19. The van der Waals surface area contributed by atoms with Crippen LogP contribution >= 0.6 is 0 Å². The van der Waals surface area contributed by atoms with Gasteiger partial charge in [0.2, 0.25) is 0 Å². The van der Waals surface area contributed by atoms with Crippen LogP contribution in [0.25, 0.3) is 28.0 Å². The number of aryl methyl sites for hydroxylation is 2. The van der Waals surface area contributed by atoms with Crippen LogP contribution in [0.5, 0.6) is 5.75 Å². The Kier molecular flexibility index (Phi) is 7.32. The van der Waals surface area contributed by atoms with Crippen LogP contribution in [0.4, 0.5) is 0 Å². The molecule has 8 nitrogen and oxygen atoms in total. The Morgan fingerprint density at radius 2 is 1.78 bits per heavy atom. The van der Waals surface area contributed by atoms with Gasteiger partial charge in [-0.15, -0.1) is 0 Å². The summed E-state index contributed by atoms with van der Waals surface area (Å²) < 4.78 is 8.97. The van der Waals surface area contributed by atoms with Gasteiger partial charge in [0.25, 0.3) is 5.56 Å². The number of hydrogen-bond acceptors (Lipinski definition) is 5. The number of fused-ring (bicyclic) bond motifs is 1. The number of ether oxygens (including phenoxy) is 1. The van der Waals surface area contributed by atoms with Crippen molar-refractivity contribution in [3.63, 3.8) is 0 Å². The Hall–Kier alpha value is -4.98. The molecule has 0 aliphatic heterocycles. The van der Waals surface area contributed by atoms with Gasteiger partial charge in [0.1, 0.15) is 5.75 Å². The van der Waals surface area contributed by atoms with Crippen molar-refractivity contribution < 1.29 is 14.6 Å². The van der Waals surface area contributed by atoms with Crippen LogP contribution < -0.4 is 10.3 Å². The molecule has 0 aliphatic carbocycles. The van der Waals surface area contributed by atoms with Crippen LogP contribution in [0.2, 0.25) is 0 Å². The molecule has 0 atom stereocenters. The van der Waals surface area contributed by atoms with Gasteiger partial charge in [-0.2, -0.15) is 9.78 Å². The van der Waals surface area contributed by atoms with E-state index < -0.39 is 5.97 Å². The zero-order valence-corrected chi connectivity index (χ0v) is 24.0. The first-order valence-electron chi connectivity index (χ1n) is 13.4. The summed E-state index contributed by atoms with van der Waals surface area (Å²) in [4.78, 5) is 30.2. The maximum absolute atomic E-state index is 13.8. The normalized spacial score (nSPS) is 11.6. The molecule has 2 heterocycles. The van der Waals surface area contributed by atoms with Crippen LogP contribution in [0.1, 0.15) is 58.2 Å². The van der Waals surface area contributed by atoms with Crippen molar-refractivity contribution in [2.45, 2.75) is 40.5 Å². The molecule has 5 rings (SSSR count). The van der Waals surface area contributed by atoms with Crippen molar-refractivity contribution in [1.29, 1.82) is 0 Å². The topological polar surface area (TPSA) is 98.7 Å². The predicted octanol–water partition coefficient (Wildman–Crippen LogP) is 6.49. The summed E-state index contributed by atoms with van der Waals surface area (Å²) in [5.74, 6) is 0.438. The molecule has 3 aromatic carbocycles. The second-order valence-corrected chi connectivity index (χ2v) is 10.4. The summed E-state index contributed by atoms with van der Waals surface area (Å²) in [5.41, 5.74) is 6.55. The Bertz CT molecular complexity index is 1900. The fourth-order valence-electron chi connectivity index (χ4n) is 5.19. The lowest BCUT2D eigenvalue weighted by Crippen LogP contribution is -2.21. The smallest absolute Gasteiger partial charge is 0.335 e. The van der Waals surface area contributed by atoms with E-state index in [9.17, 15) is 14.7 Å². The van der Waals surface area contributed by atoms with Gasteiger partial charge in [-0.25, -0.2) is 9.78 Å². The summed E-state index contributed by atoms with van der Waals surface area (Å²) in [6.07, 6.45) is 1.66. The van der Waals surface area contributed by atoms with E-state index in [0.29, 0.717) is 16.7 Å². The van der Waals surface area contributed by atoms with Gasteiger partial charge in [-0.3, -0.25) is 4.79 Å². The molecule has 0 saturated carbocycles. The first-order valence-corrected chi connectivity index (χ1v) is 13.4. The summed E-state index contributed by atoms with van der Waals surface area (Å²) in [5, 5.41) is 14.6. The molecule has 2 aromatic heterocycles. The predicted molar refractivity (Wildman–Crippen MR) is 162 cm³/mol. The van der Waals surface area contributed by atoms with Crippen LogP contribution in [0, 0.1) is 20.8 Å². The van der Waals surface area contributed by atoms with Crippen LogP contribution in [0.3, 0.4) is 0 Å². The minimum absolute atomic E-state index is 0.193. The lowest BCUT2D eigenvalue weighted by Gasteiger charge is -2.17. The lowest BCUT2D eigenvalue weighted by molar-refractivity contribution is 0.0697. The largest absolute Gasteiger partial charge is 0.496 e. The molecular weight excluding hydrogens is 516 g/mol. The molecule has 41 heavy (non-hydrogen) atoms. The minimum Gasteiger partial charge on any atom is -0.496 e. The van der Waals surface area contributed by atoms with Crippen LogP contribution in [-0.4, -0.2) is 38.6 Å². The molecule has 0 fully saturated rings. The maximum atomic E-state index is 13.8. The number of carbonyl (C=O) groups is 1. The number of carboxylic acid groups (broad SMARTS) is 1. The molecule has 0 spiro atoms. The number of aromatic carboxylic acids is 1. The van der Waals surface area contributed by atoms with Gasteiger partial charge < -0.3 is 14.4 Å². The average Bonchev–Trinajstić information content (AvgIpc) is 3.24. The first kappa shape index (κ1) is 27.6. The lowest BCUT2D eigenvalue weighted by atomic mass is 9.96. The van der Waals surface area contributed by atoms with E-state index in [1.807, 2.05) is 67.8 Å². The van der Waals surface area contributed by atoms with Crippen molar-refractivity contribution in [3.8, 4) is 22.8 Å². The van der Waals surface area contributed by atoms with Crippen LogP contribution in [-0.2, 0) is 0 Å². The number of para-hydroxylation sites is 1. The summed E-state index contributed by atoms with van der Waals surface area (Å²) in [6, 6.07) is 20.0. The highest BCUT2D eigenvalue weighted by atomic mass is 16.5. The summed E-state index contributed by atoms with van der Waals surface area (Å²) in [6.45, 7) is 10.0. The van der Waals surface area contributed by atoms with E-state index in [2.05, 4.69) is 13.8 Å². The maximum Gasteiger partial charge on any atom is 0.335 e. The van der Waals surface area contributed by atoms with E-state index in [0.717, 1.165) is 45.1 Å². The van der Waals surface area contributed by atoms with Crippen molar-refractivity contribution >= 4 is 23.1 Å². The van der Waals surface area contributed by atoms with Crippen LogP contribution in [0.15, 0.2) is 76.6 Å². The van der Waals surface area contributed by atoms with Crippen molar-refractivity contribution in [3.05, 3.63) is 111 Å². The number of rotatable bonds is 7. The average molecular weight is 549 g/mol. The van der Waals surface area contributed by atoms with Gasteiger partial charge in [-0.1, -0.05) is 32.0 Å². The highest BCUT2D eigenvalue weighted by Crippen LogP contribution is 2.34. The van der Waals surface area contributed by atoms with E-state index in [-0.39, 0.29) is 17.0 Å². The third-order valence-corrected chi connectivity index (χ3v) is 7.33. The van der Waals surface area contributed by atoms with E-state index in [1.165, 1.54) is 4.68 Å². The first-order chi connectivity index (χ1) is 19.6. The number of benzene rings is 3. The van der Waals surface area contributed by atoms with Gasteiger partial charge >= 0.3 is 5.97 Å². The Labute approximate surface area is 238 Å². The molecule has 0 bridgehead atoms. The number of aromatic nitrogens is 3. The zero-order valence-electron chi connectivity index (χ0n) is 24.0. The molecule has 8 heteroatoms. The zero-order chi connectivity index (χ0) is 29.4. The van der Waals surface area contributed by atoms with Crippen molar-refractivity contribution in [1.82, 2.24) is 14.2 Å². The molecule has 0 radical (unpaired) electrons. The molecular formula is C33H32N4O4. The fourth-order valence-corrected chi connectivity index (χ4v) is 5.19. The van der Waals surface area contributed by atoms with E-state index >= 15 is 0 Å². The summed E-state index contributed by atoms with van der Waals surface area (Å²) >= 11 is 0. The molecule has 208 valence electrons. The summed E-state index contributed by atoms with van der Waals surface area (Å²) in [7, 11) is 1.66. The van der Waals surface area contributed by atoms with E-state index in [4.69, 9.17) is 14.8 Å². The number of nitrogens with zero attached hydrogens (tertiary/aromatic N) is 4. The molecule has 0 unspecified atom stereocenters. The van der Waals surface area contributed by atoms with Gasteiger partial charge in [0.15, 0.2) is 5.82 Å². The fraction of sp³-hybridized carbons (Fsp3) is 0.212. The Balaban J connectivity index is 1.69. The van der Waals surface area contributed by atoms with Crippen molar-refractivity contribution in [2.24, 2.45) is 5.10 Å². The van der Waals surface area contributed by atoms with Gasteiger partial charge in [-0.05, 0) is 86.3 Å². The van der Waals surface area contributed by atoms with E-state index in [1.54, 1.807) is 37.6 Å². The van der Waals surface area contributed by atoms with Gasteiger partial charge in [0, 0.05) is 28.2 Å². The minimum atomic E-state index is -0.985. The SMILES string of the molecule is COc1cc(C)c(-c2nc3ccccc3c(=O)n2N=Cc2cc(C)n(-c3cccc(C(=O)O)c3)c2C)cc1C(C)C. The third kappa shape index (κ3) is 5.04. The Morgan fingerprint density at radius 1 is 1.02 bits per heavy atom. The second-order valence-electron chi connectivity index (χ2n) is 10.4. The highest BCUT2D eigenvalue weighted by molar-refractivity contribution is 5.88. The molecule has 5 aromatic rings. The molecule has 1 N–H and O–H groups in total. The van der Waals surface area contributed by atoms with Crippen molar-refractivity contribution in [2.75, 3.05) is 7.11 Å². The Morgan fingerprint density at radius 3 is 2.49 bits per heavy atom. The third-order valence-electron chi connectivity index (χ3n) is 7.33. The number of carboxylic acids is 1. The standard InChI is InChI=1S/C33H32N4O4/c1-19(2)27-17-28(20(3)14-30(27)41-6)31-35-29-13-8-7-12-26(29)32(38)37(31)34-18-24-15-21(4)36(22(24)5)25-11-9-10-23(16-25)33(39)40/h7-19H,1-6H3,(H,39,40). The number of hydrogen-bond donors (Lipinski definition) is 1. The molecule has 0 aliphatic rings. The monoisotopic (exact) mass is 548 g/mol. The molecule has 0 saturated heterocycles. The van der Waals surface area contributed by atoms with Gasteiger partial charge in [0.05, 0.1) is 29.8 Å². The second kappa shape index (κ2) is 10.9. The molecule has 0 amide bonds.